The lowest BCUT2D eigenvalue weighted by Gasteiger charge is -2.07. The van der Waals surface area contributed by atoms with Gasteiger partial charge < -0.3 is 10.4 Å². The molecule has 19 heavy (non-hydrogen) atoms. The number of hydrogen-bond donors (Lipinski definition) is 3. The van der Waals surface area contributed by atoms with E-state index < -0.39 is 0 Å². The van der Waals surface area contributed by atoms with E-state index in [0.29, 0.717) is 9.39 Å². The van der Waals surface area contributed by atoms with Gasteiger partial charge in [-0.1, -0.05) is 0 Å². The van der Waals surface area contributed by atoms with Gasteiger partial charge in [-0.25, -0.2) is 0 Å². The first-order valence-corrected chi connectivity index (χ1v) is 7.57. The van der Waals surface area contributed by atoms with Crippen LogP contribution in [0.1, 0.15) is 21.6 Å². The summed E-state index contributed by atoms with van der Waals surface area (Å²) >= 11 is 4.10. The number of hydrogen-bond acceptors (Lipinski definition) is 3. The van der Waals surface area contributed by atoms with E-state index in [0.717, 1.165) is 14.8 Å². The number of carbonyl (C=O) groups excluding carboxylic acids is 1. The van der Waals surface area contributed by atoms with Gasteiger partial charge in [0.2, 0.25) is 0 Å². The maximum atomic E-state index is 12.2. The van der Waals surface area contributed by atoms with Crippen LogP contribution < -0.4 is 5.32 Å². The van der Waals surface area contributed by atoms with Crippen molar-refractivity contribution in [2.24, 2.45) is 0 Å². The SMILES string of the molecule is Cc1[nH]nc(NC(=O)c2cc(I)cc(I)c2O)c1C. The molecule has 0 aliphatic carbocycles. The molecule has 0 atom stereocenters. The Hall–Kier alpha value is -0.840. The molecular weight excluding hydrogens is 472 g/mol. The second-order valence-corrected chi connectivity index (χ2v) is 6.47. The number of benzene rings is 1. The summed E-state index contributed by atoms with van der Waals surface area (Å²) in [7, 11) is 0. The lowest BCUT2D eigenvalue weighted by atomic mass is 10.2. The lowest BCUT2D eigenvalue weighted by Crippen LogP contribution is -2.14. The normalized spacial score (nSPS) is 10.5. The lowest BCUT2D eigenvalue weighted by molar-refractivity contribution is 0.102. The van der Waals surface area contributed by atoms with E-state index in [9.17, 15) is 9.90 Å². The van der Waals surface area contributed by atoms with Gasteiger partial charge in [0.1, 0.15) is 5.75 Å². The van der Waals surface area contributed by atoms with E-state index in [1.165, 1.54) is 0 Å². The number of phenols is 1. The fourth-order valence-corrected chi connectivity index (χ4v) is 3.37. The molecule has 3 N–H and O–H groups in total. The Balaban J connectivity index is 2.33. The summed E-state index contributed by atoms with van der Waals surface area (Å²) in [5.74, 6) is 0.0997. The third kappa shape index (κ3) is 3.02. The maximum Gasteiger partial charge on any atom is 0.260 e. The molecular formula is C12H11I2N3O2. The summed E-state index contributed by atoms with van der Waals surface area (Å²) in [6.45, 7) is 3.75. The van der Waals surface area contributed by atoms with Crippen LogP contribution in [0.15, 0.2) is 12.1 Å². The molecule has 2 aromatic rings. The summed E-state index contributed by atoms with van der Waals surface area (Å²) in [4.78, 5) is 12.2. The van der Waals surface area contributed by atoms with E-state index in [-0.39, 0.29) is 17.2 Å². The fraction of sp³-hybridized carbons (Fsp3) is 0.167. The van der Waals surface area contributed by atoms with Crippen LogP contribution in [0.4, 0.5) is 5.82 Å². The summed E-state index contributed by atoms with van der Waals surface area (Å²) in [6, 6.07) is 3.44. The third-order valence-electron chi connectivity index (χ3n) is 2.76. The monoisotopic (exact) mass is 483 g/mol. The standard InChI is InChI=1S/C12H11I2N3O2/c1-5-6(2)16-17-11(5)15-12(19)8-3-7(13)4-9(14)10(8)18/h3-4,18H,1-2H3,(H2,15,16,17,19). The number of aromatic amines is 1. The number of nitrogens with one attached hydrogen (secondary N) is 2. The molecule has 100 valence electrons. The molecule has 0 aliphatic rings. The highest BCUT2D eigenvalue weighted by molar-refractivity contribution is 14.1. The molecule has 0 spiro atoms. The van der Waals surface area contributed by atoms with Crippen molar-refractivity contribution < 1.29 is 9.90 Å². The number of anilines is 1. The molecule has 2 rings (SSSR count). The molecule has 5 nitrogen and oxygen atoms in total. The summed E-state index contributed by atoms with van der Waals surface area (Å²) in [6.07, 6.45) is 0. The van der Waals surface area contributed by atoms with Crippen molar-refractivity contribution in [1.82, 2.24) is 10.2 Å². The van der Waals surface area contributed by atoms with Crippen molar-refractivity contribution in [3.63, 3.8) is 0 Å². The Morgan fingerprint density at radius 3 is 2.63 bits per heavy atom. The number of aromatic nitrogens is 2. The van der Waals surface area contributed by atoms with Gasteiger partial charge in [0.05, 0.1) is 9.13 Å². The van der Waals surface area contributed by atoms with Gasteiger partial charge in [-0.3, -0.25) is 9.89 Å². The van der Waals surface area contributed by atoms with Crippen molar-refractivity contribution >= 4 is 56.9 Å². The maximum absolute atomic E-state index is 12.2. The number of H-pyrrole nitrogens is 1. The molecule has 1 aromatic heterocycles. The van der Waals surface area contributed by atoms with Gasteiger partial charge in [-0.05, 0) is 71.2 Å². The van der Waals surface area contributed by atoms with Crippen molar-refractivity contribution in [3.8, 4) is 5.75 Å². The second kappa shape index (κ2) is 5.65. The Morgan fingerprint density at radius 2 is 2.05 bits per heavy atom. The largest absolute Gasteiger partial charge is 0.506 e. The van der Waals surface area contributed by atoms with Crippen LogP contribution in [0.5, 0.6) is 5.75 Å². The topological polar surface area (TPSA) is 78.0 Å². The number of rotatable bonds is 2. The van der Waals surface area contributed by atoms with Gasteiger partial charge in [0.25, 0.3) is 5.91 Å². The van der Waals surface area contributed by atoms with Crippen LogP contribution in [-0.2, 0) is 0 Å². The predicted octanol–water partition coefficient (Wildman–Crippen LogP) is 3.19. The summed E-state index contributed by atoms with van der Waals surface area (Å²) in [5.41, 5.74) is 2.03. The number of nitrogens with zero attached hydrogens (tertiary/aromatic N) is 1. The highest BCUT2D eigenvalue weighted by Gasteiger charge is 2.17. The zero-order valence-corrected chi connectivity index (χ0v) is 14.5. The highest BCUT2D eigenvalue weighted by Crippen LogP contribution is 2.28. The van der Waals surface area contributed by atoms with Crippen molar-refractivity contribution in [2.45, 2.75) is 13.8 Å². The number of aromatic hydroxyl groups is 1. The van der Waals surface area contributed by atoms with E-state index in [1.54, 1.807) is 12.1 Å². The minimum atomic E-state index is -0.372. The van der Waals surface area contributed by atoms with Crippen LogP contribution in [0.3, 0.4) is 0 Å². The average molecular weight is 483 g/mol. The smallest absolute Gasteiger partial charge is 0.260 e. The molecule has 1 amide bonds. The van der Waals surface area contributed by atoms with E-state index in [1.807, 2.05) is 36.4 Å². The first-order valence-electron chi connectivity index (χ1n) is 5.41. The van der Waals surface area contributed by atoms with Gasteiger partial charge >= 0.3 is 0 Å². The van der Waals surface area contributed by atoms with Crippen LogP contribution in [-0.4, -0.2) is 21.2 Å². The third-order valence-corrected chi connectivity index (χ3v) is 4.20. The Labute approximate surface area is 137 Å². The van der Waals surface area contributed by atoms with E-state index in [4.69, 9.17) is 0 Å². The van der Waals surface area contributed by atoms with Crippen LogP contribution in [0.25, 0.3) is 0 Å². The molecule has 0 fully saturated rings. The Bertz CT molecular complexity index is 653. The molecule has 0 saturated heterocycles. The highest BCUT2D eigenvalue weighted by atomic mass is 127. The van der Waals surface area contributed by atoms with Crippen molar-refractivity contribution in [3.05, 3.63) is 36.1 Å². The summed E-state index contributed by atoms with van der Waals surface area (Å²) in [5, 5.41) is 19.5. The number of amides is 1. The minimum absolute atomic E-state index is 0.0107. The van der Waals surface area contributed by atoms with E-state index in [2.05, 4.69) is 38.1 Å². The molecule has 0 bridgehead atoms. The van der Waals surface area contributed by atoms with Gasteiger partial charge in [0, 0.05) is 14.8 Å². The van der Waals surface area contributed by atoms with E-state index >= 15 is 0 Å². The molecule has 1 aromatic carbocycles. The van der Waals surface area contributed by atoms with Crippen LogP contribution in [0.2, 0.25) is 0 Å². The molecule has 1 heterocycles. The molecule has 0 unspecified atom stereocenters. The Morgan fingerprint density at radius 1 is 1.37 bits per heavy atom. The second-order valence-electron chi connectivity index (χ2n) is 4.06. The first kappa shape index (κ1) is 14.6. The van der Waals surface area contributed by atoms with Crippen molar-refractivity contribution in [2.75, 3.05) is 5.32 Å². The van der Waals surface area contributed by atoms with Crippen molar-refractivity contribution in [1.29, 1.82) is 0 Å². The molecule has 7 heteroatoms. The minimum Gasteiger partial charge on any atom is -0.506 e. The Kier molecular flexibility index (Phi) is 4.33. The molecule has 0 saturated carbocycles. The zero-order valence-electron chi connectivity index (χ0n) is 10.2. The van der Waals surface area contributed by atoms with Crippen LogP contribution in [0, 0.1) is 21.0 Å². The van der Waals surface area contributed by atoms with Gasteiger partial charge in [-0.15, -0.1) is 0 Å². The average Bonchev–Trinajstić information content (AvgIpc) is 2.65. The van der Waals surface area contributed by atoms with Gasteiger partial charge in [0.15, 0.2) is 5.82 Å². The molecule has 0 aliphatic heterocycles. The molecule has 0 radical (unpaired) electrons. The zero-order chi connectivity index (χ0) is 14.2. The number of carbonyl (C=O) groups is 1. The number of phenolic OH excluding ortho intramolecular Hbond substituents is 1. The predicted molar refractivity (Wildman–Crippen MR) is 89.6 cm³/mol. The first-order chi connectivity index (χ1) is 8.90. The number of halogens is 2. The number of aryl methyl sites for hydroxylation is 1. The quantitative estimate of drug-likeness (QED) is 0.575. The van der Waals surface area contributed by atoms with Crippen LogP contribution >= 0.6 is 45.2 Å². The fourth-order valence-electron chi connectivity index (χ4n) is 1.52. The summed E-state index contributed by atoms with van der Waals surface area (Å²) < 4.78 is 1.53. The van der Waals surface area contributed by atoms with Gasteiger partial charge in [-0.2, -0.15) is 5.10 Å².